The Morgan fingerprint density at radius 3 is 2.67 bits per heavy atom. The molecule has 1 fully saturated rings. The van der Waals surface area contributed by atoms with E-state index in [1.54, 1.807) is 6.07 Å². The van der Waals surface area contributed by atoms with Crippen LogP contribution in [0.1, 0.15) is 30.4 Å². The smallest absolute Gasteiger partial charge is 0.224 e. The minimum Gasteiger partial charge on any atom is -0.504 e. The highest BCUT2D eigenvalue weighted by Gasteiger charge is 2.23. The van der Waals surface area contributed by atoms with Gasteiger partial charge < -0.3 is 20.0 Å². The molecule has 2 heterocycles. The van der Waals surface area contributed by atoms with E-state index in [-0.39, 0.29) is 17.4 Å². The van der Waals surface area contributed by atoms with E-state index >= 15 is 0 Å². The summed E-state index contributed by atoms with van der Waals surface area (Å²) < 4.78 is 0. The molecule has 1 saturated heterocycles. The third-order valence-corrected chi connectivity index (χ3v) is 7.36. The van der Waals surface area contributed by atoms with Gasteiger partial charge in [-0.1, -0.05) is 30.3 Å². The van der Waals surface area contributed by atoms with Gasteiger partial charge in [0.05, 0.1) is 0 Å². The standard InChI is InChI=1S/C24H30N2O3S/c27-21-6-3-5-19(24(21)29)16-18-8-11-25(12-9-18)13-10-23(28)26-14-15-30-22-7-2-1-4-20(22)17-26/h1-7,18,27,29H,8-17H2. The summed E-state index contributed by atoms with van der Waals surface area (Å²) in [6, 6.07) is 13.6. The van der Waals surface area contributed by atoms with E-state index in [1.807, 2.05) is 28.8 Å². The van der Waals surface area contributed by atoms with E-state index in [0.717, 1.165) is 63.3 Å². The molecule has 0 saturated carbocycles. The predicted octanol–water partition coefficient (Wildman–Crippen LogP) is 3.88. The highest BCUT2D eigenvalue weighted by molar-refractivity contribution is 7.99. The number of hydrogen-bond acceptors (Lipinski definition) is 5. The lowest BCUT2D eigenvalue weighted by Crippen LogP contribution is -2.38. The first kappa shape index (κ1) is 21.1. The van der Waals surface area contributed by atoms with Crippen LogP contribution in [0.25, 0.3) is 0 Å². The van der Waals surface area contributed by atoms with E-state index in [4.69, 9.17) is 0 Å². The number of nitrogens with zero attached hydrogens (tertiary/aromatic N) is 2. The summed E-state index contributed by atoms with van der Waals surface area (Å²) in [6.07, 6.45) is 3.47. The molecule has 0 aromatic heterocycles. The lowest BCUT2D eigenvalue weighted by atomic mass is 9.89. The van der Waals surface area contributed by atoms with Gasteiger partial charge in [0.2, 0.25) is 5.91 Å². The zero-order valence-electron chi connectivity index (χ0n) is 17.3. The van der Waals surface area contributed by atoms with Crippen molar-refractivity contribution in [3.8, 4) is 11.5 Å². The van der Waals surface area contributed by atoms with Gasteiger partial charge in [-0.3, -0.25) is 4.79 Å². The van der Waals surface area contributed by atoms with Crippen LogP contribution in [-0.4, -0.2) is 57.9 Å². The van der Waals surface area contributed by atoms with Crippen molar-refractivity contribution in [3.63, 3.8) is 0 Å². The Labute approximate surface area is 182 Å². The first-order valence-electron chi connectivity index (χ1n) is 10.8. The van der Waals surface area contributed by atoms with Crippen LogP contribution in [0, 0.1) is 5.92 Å². The van der Waals surface area contributed by atoms with Gasteiger partial charge in [-0.25, -0.2) is 0 Å². The lowest BCUT2D eigenvalue weighted by Gasteiger charge is -2.32. The molecule has 2 aromatic carbocycles. The molecular weight excluding hydrogens is 396 g/mol. The molecule has 0 radical (unpaired) electrons. The highest BCUT2D eigenvalue weighted by atomic mass is 32.2. The average Bonchev–Trinajstić information content (AvgIpc) is 2.99. The van der Waals surface area contributed by atoms with E-state index in [9.17, 15) is 15.0 Å². The van der Waals surface area contributed by atoms with Crippen molar-refractivity contribution in [2.75, 3.05) is 31.9 Å². The largest absolute Gasteiger partial charge is 0.504 e. The van der Waals surface area contributed by atoms with E-state index < -0.39 is 0 Å². The van der Waals surface area contributed by atoms with Crippen LogP contribution in [0.4, 0.5) is 0 Å². The fourth-order valence-corrected chi connectivity index (χ4v) is 5.44. The second-order valence-electron chi connectivity index (χ2n) is 8.30. The first-order valence-corrected chi connectivity index (χ1v) is 11.8. The quantitative estimate of drug-likeness (QED) is 0.711. The number of para-hydroxylation sites is 1. The van der Waals surface area contributed by atoms with Gasteiger partial charge >= 0.3 is 0 Å². The van der Waals surface area contributed by atoms with Crippen LogP contribution in [0.2, 0.25) is 0 Å². The molecule has 6 heteroatoms. The number of amides is 1. The average molecular weight is 427 g/mol. The van der Waals surface area contributed by atoms with Crippen molar-refractivity contribution >= 4 is 17.7 Å². The molecule has 2 aliphatic heterocycles. The fraction of sp³-hybridized carbons (Fsp3) is 0.458. The van der Waals surface area contributed by atoms with Gasteiger partial charge in [-0.05, 0) is 61.5 Å². The number of fused-ring (bicyclic) bond motifs is 1. The summed E-state index contributed by atoms with van der Waals surface area (Å²) in [5.74, 6) is 1.68. The summed E-state index contributed by atoms with van der Waals surface area (Å²) in [6.45, 7) is 4.31. The van der Waals surface area contributed by atoms with Crippen LogP contribution in [0.5, 0.6) is 11.5 Å². The van der Waals surface area contributed by atoms with E-state index in [0.29, 0.717) is 12.3 Å². The Balaban J connectivity index is 1.23. The molecular formula is C24H30N2O3S. The Morgan fingerprint density at radius 2 is 1.83 bits per heavy atom. The predicted molar refractivity (Wildman–Crippen MR) is 120 cm³/mol. The van der Waals surface area contributed by atoms with E-state index in [1.165, 1.54) is 16.5 Å². The van der Waals surface area contributed by atoms with Crippen LogP contribution < -0.4 is 0 Å². The zero-order chi connectivity index (χ0) is 20.9. The number of aromatic hydroxyl groups is 2. The maximum absolute atomic E-state index is 12.8. The maximum atomic E-state index is 12.8. The molecule has 2 aliphatic rings. The molecule has 4 rings (SSSR count). The number of piperidine rings is 1. The molecule has 0 aliphatic carbocycles. The summed E-state index contributed by atoms with van der Waals surface area (Å²) in [4.78, 5) is 18.5. The molecule has 2 aromatic rings. The van der Waals surface area contributed by atoms with Gasteiger partial charge in [0.25, 0.3) is 0 Å². The SMILES string of the molecule is O=C(CCN1CCC(Cc2cccc(O)c2O)CC1)N1CCSc2ccccc2C1. The Morgan fingerprint density at radius 1 is 1.03 bits per heavy atom. The topological polar surface area (TPSA) is 64.0 Å². The lowest BCUT2D eigenvalue weighted by molar-refractivity contribution is -0.132. The second kappa shape index (κ2) is 9.75. The summed E-state index contributed by atoms with van der Waals surface area (Å²) in [5.41, 5.74) is 2.08. The number of carbonyl (C=O) groups is 1. The molecule has 160 valence electrons. The van der Waals surface area contributed by atoms with Crippen molar-refractivity contribution in [1.29, 1.82) is 0 Å². The number of phenolic OH excluding ortho intramolecular Hbond substituents is 2. The fourth-order valence-electron chi connectivity index (χ4n) is 4.42. The zero-order valence-corrected chi connectivity index (χ0v) is 18.1. The minimum absolute atomic E-state index is 0.0164. The van der Waals surface area contributed by atoms with Crippen molar-refractivity contribution in [3.05, 3.63) is 53.6 Å². The molecule has 1 amide bonds. The van der Waals surface area contributed by atoms with Gasteiger partial charge in [-0.2, -0.15) is 0 Å². The first-order chi connectivity index (χ1) is 14.6. The number of benzene rings is 2. The highest BCUT2D eigenvalue weighted by Crippen LogP contribution is 2.32. The van der Waals surface area contributed by atoms with Gasteiger partial charge in [0, 0.05) is 36.7 Å². The number of phenols is 2. The molecule has 0 atom stereocenters. The minimum atomic E-state index is -0.0435. The summed E-state index contributed by atoms with van der Waals surface area (Å²) >= 11 is 1.84. The number of carbonyl (C=O) groups excluding carboxylic acids is 1. The normalized spacial score (nSPS) is 18.1. The summed E-state index contributed by atoms with van der Waals surface area (Å²) in [5, 5.41) is 19.7. The van der Waals surface area contributed by atoms with Crippen LogP contribution in [-0.2, 0) is 17.8 Å². The van der Waals surface area contributed by atoms with Gasteiger partial charge in [0.15, 0.2) is 11.5 Å². The molecule has 0 unspecified atom stereocenters. The van der Waals surface area contributed by atoms with Crippen LogP contribution in [0.15, 0.2) is 47.4 Å². The number of hydrogen-bond donors (Lipinski definition) is 2. The third kappa shape index (κ3) is 5.10. The molecule has 2 N–H and O–H groups in total. The number of rotatable bonds is 5. The molecule has 30 heavy (non-hydrogen) atoms. The van der Waals surface area contributed by atoms with Crippen molar-refractivity contribution in [2.45, 2.75) is 37.1 Å². The number of likely N-dealkylation sites (tertiary alicyclic amines) is 1. The molecule has 0 bridgehead atoms. The van der Waals surface area contributed by atoms with Gasteiger partial charge in [-0.15, -0.1) is 11.8 Å². The Bertz CT molecular complexity index is 881. The Hall–Kier alpha value is -2.18. The van der Waals surface area contributed by atoms with Crippen molar-refractivity contribution in [2.24, 2.45) is 5.92 Å². The van der Waals surface area contributed by atoms with Crippen molar-refractivity contribution < 1.29 is 15.0 Å². The monoisotopic (exact) mass is 426 g/mol. The third-order valence-electron chi connectivity index (χ3n) is 6.26. The Kier molecular flexibility index (Phi) is 6.85. The molecule has 5 nitrogen and oxygen atoms in total. The maximum Gasteiger partial charge on any atom is 0.224 e. The van der Waals surface area contributed by atoms with Gasteiger partial charge in [0.1, 0.15) is 0 Å². The van der Waals surface area contributed by atoms with Crippen LogP contribution in [0.3, 0.4) is 0 Å². The van der Waals surface area contributed by atoms with E-state index in [2.05, 4.69) is 23.1 Å². The second-order valence-corrected chi connectivity index (χ2v) is 9.43. The molecule has 0 spiro atoms. The van der Waals surface area contributed by atoms with Crippen molar-refractivity contribution in [1.82, 2.24) is 9.80 Å². The summed E-state index contributed by atoms with van der Waals surface area (Å²) in [7, 11) is 0. The number of thioether (sulfide) groups is 1. The van der Waals surface area contributed by atoms with Crippen LogP contribution >= 0.6 is 11.8 Å².